The molecule has 0 aliphatic carbocycles. The van der Waals surface area contributed by atoms with Gasteiger partial charge in [-0.2, -0.15) is 5.26 Å². The minimum absolute atomic E-state index is 0.0202. The van der Waals surface area contributed by atoms with Crippen LogP contribution < -0.4 is 14.8 Å². The standard InChI is InChI=1S/C16H13N3O4S/c1-10-16(20)18-14-8-12(5-6-15(14)23-10)19-24(21,22)13-4-2-3-11(7-13)9-17/h2-8,10,19H,1H3,(H,18,20). The van der Waals surface area contributed by atoms with Crippen molar-refractivity contribution < 1.29 is 17.9 Å². The number of nitriles is 1. The van der Waals surface area contributed by atoms with Gasteiger partial charge in [0, 0.05) is 0 Å². The molecule has 0 bridgehead atoms. The number of nitrogens with one attached hydrogen (secondary N) is 2. The van der Waals surface area contributed by atoms with Crippen LogP contribution in [0.25, 0.3) is 0 Å². The monoisotopic (exact) mass is 343 g/mol. The summed E-state index contributed by atoms with van der Waals surface area (Å²) in [4.78, 5) is 11.6. The van der Waals surface area contributed by atoms with E-state index in [0.29, 0.717) is 11.4 Å². The molecule has 0 saturated carbocycles. The first-order valence-electron chi connectivity index (χ1n) is 7.03. The van der Waals surface area contributed by atoms with Gasteiger partial charge in [-0.1, -0.05) is 6.07 Å². The Hall–Kier alpha value is -3.05. The molecule has 24 heavy (non-hydrogen) atoms. The predicted octanol–water partition coefficient (Wildman–Crippen LogP) is 2.08. The molecule has 2 N–H and O–H groups in total. The van der Waals surface area contributed by atoms with Crippen LogP contribution in [0.5, 0.6) is 5.75 Å². The zero-order valence-electron chi connectivity index (χ0n) is 12.6. The maximum absolute atomic E-state index is 12.4. The quantitative estimate of drug-likeness (QED) is 0.887. The molecule has 1 unspecified atom stereocenters. The fraction of sp³-hybridized carbons (Fsp3) is 0.125. The Morgan fingerprint density at radius 3 is 2.79 bits per heavy atom. The van der Waals surface area contributed by atoms with Crippen molar-refractivity contribution in [2.75, 3.05) is 10.0 Å². The van der Waals surface area contributed by atoms with E-state index in [4.69, 9.17) is 10.00 Å². The van der Waals surface area contributed by atoms with Crippen LogP contribution in [-0.2, 0) is 14.8 Å². The zero-order valence-corrected chi connectivity index (χ0v) is 13.4. The van der Waals surface area contributed by atoms with Crippen LogP contribution in [0, 0.1) is 11.3 Å². The maximum atomic E-state index is 12.4. The molecule has 0 saturated heterocycles. The van der Waals surface area contributed by atoms with Crippen molar-refractivity contribution in [1.82, 2.24) is 0 Å². The summed E-state index contributed by atoms with van der Waals surface area (Å²) >= 11 is 0. The summed E-state index contributed by atoms with van der Waals surface area (Å²) in [6, 6.07) is 12.2. The van der Waals surface area contributed by atoms with Crippen LogP contribution in [0.15, 0.2) is 47.4 Å². The van der Waals surface area contributed by atoms with Gasteiger partial charge in [0.05, 0.1) is 27.9 Å². The number of rotatable bonds is 3. The van der Waals surface area contributed by atoms with Crippen LogP contribution in [0.1, 0.15) is 12.5 Å². The molecule has 1 amide bonds. The van der Waals surface area contributed by atoms with Crippen molar-refractivity contribution >= 4 is 27.3 Å². The Balaban J connectivity index is 1.90. The summed E-state index contributed by atoms with van der Waals surface area (Å²) < 4.78 is 32.7. The highest BCUT2D eigenvalue weighted by atomic mass is 32.2. The topological polar surface area (TPSA) is 108 Å². The zero-order chi connectivity index (χ0) is 17.3. The average Bonchev–Trinajstić information content (AvgIpc) is 2.56. The van der Waals surface area contributed by atoms with E-state index in [2.05, 4.69) is 10.0 Å². The maximum Gasteiger partial charge on any atom is 0.265 e. The molecule has 8 heteroatoms. The fourth-order valence-corrected chi connectivity index (χ4v) is 3.31. The van der Waals surface area contributed by atoms with Crippen LogP contribution in [0.4, 0.5) is 11.4 Å². The summed E-state index contributed by atoms with van der Waals surface area (Å²) in [5, 5.41) is 11.5. The van der Waals surface area contributed by atoms with Crippen LogP contribution in [0.3, 0.4) is 0 Å². The first-order chi connectivity index (χ1) is 11.4. The van der Waals surface area contributed by atoms with Gasteiger partial charge in [0.25, 0.3) is 15.9 Å². The lowest BCUT2D eigenvalue weighted by molar-refractivity contribution is -0.122. The lowest BCUT2D eigenvalue weighted by atomic mass is 10.2. The minimum atomic E-state index is -3.85. The van der Waals surface area contributed by atoms with E-state index >= 15 is 0 Å². The van der Waals surface area contributed by atoms with E-state index < -0.39 is 16.1 Å². The lowest BCUT2D eigenvalue weighted by Gasteiger charge is -2.23. The molecule has 2 aromatic carbocycles. The summed E-state index contributed by atoms with van der Waals surface area (Å²) in [6.07, 6.45) is -0.603. The molecule has 3 rings (SSSR count). The Morgan fingerprint density at radius 1 is 1.25 bits per heavy atom. The van der Waals surface area contributed by atoms with Gasteiger partial charge >= 0.3 is 0 Å². The molecule has 1 atom stereocenters. The molecule has 0 aromatic heterocycles. The number of hydrogen-bond donors (Lipinski definition) is 2. The molecule has 1 aliphatic heterocycles. The molecule has 0 fully saturated rings. The summed E-state index contributed by atoms with van der Waals surface area (Å²) in [5.74, 6) is 0.167. The largest absolute Gasteiger partial charge is 0.479 e. The highest BCUT2D eigenvalue weighted by Gasteiger charge is 2.24. The van der Waals surface area contributed by atoms with Crippen molar-refractivity contribution in [2.45, 2.75) is 17.9 Å². The fourth-order valence-electron chi connectivity index (χ4n) is 2.22. The Labute approximate surface area is 138 Å². The molecular weight excluding hydrogens is 330 g/mol. The van der Waals surface area contributed by atoms with Crippen LogP contribution >= 0.6 is 0 Å². The number of benzene rings is 2. The van der Waals surface area contributed by atoms with E-state index in [-0.39, 0.29) is 22.1 Å². The van der Waals surface area contributed by atoms with Gasteiger partial charge < -0.3 is 10.1 Å². The van der Waals surface area contributed by atoms with E-state index in [1.54, 1.807) is 13.0 Å². The first kappa shape index (κ1) is 15.8. The Morgan fingerprint density at radius 2 is 2.04 bits per heavy atom. The van der Waals surface area contributed by atoms with Gasteiger partial charge in [0.15, 0.2) is 6.10 Å². The minimum Gasteiger partial charge on any atom is -0.479 e. The number of carbonyl (C=O) groups is 1. The van der Waals surface area contributed by atoms with Crippen molar-refractivity contribution in [3.05, 3.63) is 48.0 Å². The van der Waals surface area contributed by atoms with Gasteiger partial charge in [-0.25, -0.2) is 8.42 Å². The molecule has 1 aliphatic rings. The van der Waals surface area contributed by atoms with Gasteiger partial charge in [-0.15, -0.1) is 0 Å². The third-order valence-corrected chi connectivity index (χ3v) is 4.82. The lowest BCUT2D eigenvalue weighted by Crippen LogP contribution is -2.34. The number of nitrogens with zero attached hydrogens (tertiary/aromatic N) is 1. The number of anilines is 2. The van der Waals surface area contributed by atoms with Gasteiger partial charge in [-0.3, -0.25) is 9.52 Å². The van der Waals surface area contributed by atoms with Crippen molar-refractivity contribution in [1.29, 1.82) is 5.26 Å². The molecule has 0 spiro atoms. The normalized spacial score (nSPS) is 16.3. The third-order valence-electron chi connectivity index (χ3n) is 3.44. The van der Waals surface area contributed by atoms with Gasteiger partial charge in [-0.05, 0) is 43.3 Å². The van der Waals surface area contributed by atoms with Crippen LogP contribution in [-0.4, -0.2) is 20.4 Å². The molecular formula is C16H13N3O4S. The molecule has 1 heterocycles. The Kier molecular flexibility index (Phi) is 3.87. The van der Waals surface area contributed by atoms with Gasteiger partial charge in [0.1, 0.15) is 5.75 Å². The second-order valence-corrected chi connectivity index (χ2v) is 6.89. The smallest absolute Gasteiger partial charge is 0.265 e. The highest BCUT2D eigenvalue weighted by Crippen LogP contribution is 2.32. The van der Waals surface area contributed by atoms with E-state index in [9.17, 15) is 13.2 Å². The van der Waals surface area contributed by atoms with Crippen LogP contribution in [0.2, 0.25) is 0 Å². The number of fused-ring (bicyclic) bond motifs is 1. The second kappa shape index (κ2) is 5.86. The number of carbonyl (C=O) groups excluding carboxylic acids is 1. The summed E-state index contributed by atoms with van der Waals surface area (Å²) in [5.41, 5.74) is 0.914. The molecule has 0 radical (unpaired) electrons. The van der Waals surface area contributed by atoms with E-state index in [1.807, 2.05) is 6.07 Å². The Bertz CT molecular complexity index is 964. The highest BCUT2D eigenvalue weighted by molar-refractivity contribution is 7.92. The SMILES string of the molecule is CC1Oc2ccc(NS(=O)(=O)c3cccc(C#N)c3)cc2NC1=O. The van der Waals surface area contributed by atoms with Crippen molar-refractivity contribution in [3.63, 3.8) is 0 Å². The molecule has 122 valence electrons. The molecule has 7 nitrogen and oxygen atoms in total. The first-order valence-corrected chi connectivity index (χ1v) is 8.52. The van der Waals surface area contributed by atoms with E-state index in [1.165, 1.54) is 36.4 Å². The number of sulfonamides is 1. The van der Waals surface area contributed by atoms with Crippen molar-refractivity contribution in [3.8, 4) is 11.8 Å². The number of amides is 1. The van der Waals surface area contributed by atoms with Crippen molar-refractivity contribution in [2.24, 2.45) is 0 Å². The number of ether oxygens (including phenoxy) is 1. The third kappa shape index (κ3) is 3.02. The second-order valence-electron chi connectivity index (χ2n) is 5.21. The predicted molar refractivity (Wildman–Crippen MR) is 87.1 cm³/mol. The van der Waals surface area contributed by atoms with Gasteiger partial charge in [0.2, 0.25) is 0 Å². The summed E-state index contributed by atoms with van der Waals surface area (Å²) in [6.45, 7) is 1.62. The average molecular weight is 343 g/mol. The molecule has 2 aromatic rings. The number of hydrogen-bond acceptors (Lipinski definition) is 5. The van der Waals surface area contributed by atoms with E-state index in [0.717, 1.165) is 0 Å². The summed E-state index contributed by atoms with van der Waals surface area (Å²) in [7, 11) is -3.85.